The van der Waals surface area contributed by atoms with Crippen LogP contribution in [0.25, 0.3) is 23.0 Å². The Bertz CT molecular complexity index is 1050. The molecule has 0 saturated carbocycles. The molecular weight excluding hydrogens is 350 g/mol. The lowest BCUT2D eigenvalue weighted by Crippen LogP contribution is -2.22. The quantitative estimate of drug-likeness (QED) is 0.544. The first-order chi connectivity index (χ1) is 13.3. The summed E-state index contributed by atoms with van der Waals surface area (Å²) in [6.45, 7) is 0.912. The van der Waals surface area contributed by atoms with Gasteiger partial charge in [0, 0.05) is 0 Å². The molecule has 1 aromatic carbocycles. The van der Waals surface area contributed by atoms with Gasteiger partial charge in [0.15, 0.2) is 5.69 Å². The van der Waals surface area contributed by atoms with Crippen molar-refractivity contribution >= 4 is 0 Å². The minimum Gasteiger partial charge on any atom is -0.497 e. The van der Waals surface area contributed by atoms with Gasteiger partial charge in [0.2, 0.25) is 5.82 Å². The largest absolute Gasteiger partial charge is 0.497 e. The third-order valence-corrected chi connectivity index (χ3v) is 4.49. The summed E-state index contributed by atoms with van der Waals surface area (Å²) in [6, 6.07) is 9.56. The Morgan fingerprint density at radius 3 is 2.85 bits per heavy atom. The van der Waals surface area contributed by atoms with Crippen molar-refractivity contribution in [2.24, 2.45) is 0 Å². The number of aromatic nitrogens is 5. The fourth-order valence-electron chi connectivity index (χ4n) is 3.03. The minimum absolute atomic E-state index is 0.107. The summed E-state index contributed by atoms with van der Waals surface area (Å²) in [5.41, 5.74) is 3.15. The van der Waals surface area contributed by atoms with Gasteiger partial charge in [0.25, 0.3) is 5.89 Å². The van der Waals surface area contributed by atoms with Gasteiger partial charge in [-0.2, -0.15) is 4.98 Å². The van der Waals surface area contributed by atoms with Gasteiger partial charge in [0.05, 0.1) is 37.8 Å². The Morgan fingerprint density at radius 2 is 2.07 bits per heavy atom. The number of hydrogen-bond acceptors (Lipinski definition) is 8. The Balaban J connectivity index is 1.40. The van der Waals surface area contributed by atoms with Crippen LogP contribution in [-0.2, 0) is 17.9 Å². The summed E-state index contributed by atoms with van der Waals surface area (Å²) in [4.78, 5) is 4.38. The maximum absolute atomic E-state index is 6.02. The van der Waals surface area contributed by atoms with Crippen molar-refractivity contribution in [2.75, 3.05) is 7.11 Å². The second kappa shape index (κ2) is 6.36. The van der Waals surface area contributed by atoms with Crippen LogP contribution in [0.2, 0.25) is 0 Å². The summed E-state index contributed by atoms with van der Waals surface area (Å²) < 4.78 is 23.4. The van der Waals surface area contributed by atoms with Crippen LogP contribution in [0.15, 0.2) is 51.8 Å². The Hall–Kier alpha value is -3.46. The van der Waals surface area contributed by atoms with Gasteiger partial charge >= 0.3 is 0 Å². The molecule has 4 aromatic rings. The normalized spacial score (nSPS) is 16.3. The fraction of sp³-hybridized carbons (Fsp3) is 0.222. The highest BCUT2D eigenvalue weighted by Gasteiger charge is 2.27. The molecule has 0 saturated heterocycles. The molecule has 0 N–H and O–H groups in total. The van der Waals surface area contributed by atoms with Gasteiger partial charge in [0.1, 0.15) is 18.1 Å². The SMILES string of the molecule is COc1ccc(C2Cn3nnc(-c4noc(-c5ccoc5)n4)c3CO2)cc1. The number of nitrogens with zero attached hydrogens (tertiary/aromatic N) is 5. The van der Waals surface area contributed by atoms with Crippen LogP contribution in [0.5, 0.6) is 5.75 Å². The van der Waals surface area contributed by atoms with Crippen molar-refractivity contribution in [1.29, 1.82) is 0 Å². The highest BCUT2D eigenvalue weighted by molar-refractivity contribution is 5.57. The van der Waals surface area contributed by atoms with Gasteiger partial charge in [-0.05, 0) is 23.8 Å². The topological polar surface area (TPSA) is 101 Å². The Morgan fingerprint density at radius 1 is 1.19 bits per heavy atom. The third kappa shape index (κ3) is 2.77. The molecule has 136 valence electrons. The molecule has 1 aliphatic rings. The third-order valence-electron chi connectivity index (χ3n) is 4.49. The van der Waals surface area contributed by atoms with Gasteiger partial charge in [-0.3, -0.25) is 0 Å². The zero-order valence-corrected chi connectivity index (χ0v) is 14.4. The lowest BCUT2D eigenvalue weighted by atomic mass is 10.1. The highest BCUT2D eigenvalue weighted by Crippen LogP contribution is 2.31. The summed E-state index contributed by atoms with van der Waals surface area (Å²) in [6.07, 6.45) is 2.98. The summed E-state index contributed by atoms with van der Waals surface area (Å²) >= 11 is 0. The first-order valence-electron chi connectivity index (χ1n) is 8.36. The number of fused-ring (bicyclic) bond motifs is 1. The van der Waals surface area contributed by atoms with E-state index in [1.807, 2.05) is 28.9 Å². The second-order valence-corrected chi connectivity index (χ2v) is 6.07. The van der Waals surface area contributed by atoms with Crippen molar-refractivity contribution in [3.8, 4) is 28.7 Å². The van der Waals surface area contributed by atoms with E-state index in [1.54, 1.807) is 25.7 Å². The number of ether oxygens (including phenoxy) is 2. The van der Waals surface area contributed by atoms with Gasteiger partial charge in [-0.1, -0.05) is 22.5 Å². The van der Waals surface area contributed by atoms with Crippen molar-refractivity contribution in [3.05, 3.63) is 54.1 Å². The lowest BCUT2D eigenvalue weighted by Gasteiger charge is -2.24. The van der Waals surface area contributed by atoms with Crippen LogP contribution in [-0.4, -0.2) is 32.2 Å². The molecule has 9 nitrogen and oxygen atoms in total. The van der Waals surface area contributed by atoms with Crippen LogP contribution in [0.3, 0.4) is 0 Å². The molecule has 0 bridgehead atoms. The average Bonchev–Trinajstić information content (AvgIpc) is 3.46. The number of hydrogen-bond donors (Lipinski definition) is 0. The van der Waals surface area contributed by atoms with E-state index >= 15 is 0 Å². The number of benzene rings is 1. The van der Waals surface area contributed by atoms with Crippen molar-refractivity contribution < 1.29 is 18.4 Å². The monoisotopic (exact) mass is 365 g/mol. The lowest BCUT2D eigenvalue weighted by molar-refractivity contribution is -0.00114. The minimum atomic E-state index is -0.107. The van der Waals surface area contributed by atoms with Crippen LogP contribution < -0.4 is 4.74 Å². The molecule has 0 aliphatic carbocycles. The maximum atomic E-state index is 6.02. The average molecular weight is 365 g/mol. The molecule has 3 aromatic heterocycles. The molecule has 1 atom stereocenters. The number of rotatable bonds is 4. The molecule has 5 rings (SSSR count). The number of methoxy groups -OCH3 is 1. The zero-order valence-electron chi connectivity index (χ0n) is 14.4. The first kappa shape index (κ1) is 15.8. The van der Waals surface area contributed by atoms with E-state index in [0.717, 1.165) is 17.0 Å². The second-order valence-electron chi connectivity index (χ2n) is 6.07. The van der Waals surface area contributed by atoms with E-state index in [-0.39, 0.29) is 6.10 Å². The van der Waals surface area contributed by atoms with E-state index in [9.17, 15) is 0 Å². The maximum Gasteiger partial charge on any atom is 0.261 e. The predicted molar refractivity (Wildman–Crippen MR) is 91.5 cm³/mol. The molecule has 0 amide bonds. The highest BCUT2D eigenvalue weighted by atomic mass is 16.5. The first-order valence-corrected chi connectivity index (χ1v) is 8.36. The van der Waals surface area contributed by atoms with Crippen LogP contribution in [0.1, 0.15) is 17.4 Å². The molecule has 0 radical (unpaired) electrons. The van der Waals surface area contributed by atoms with Crippen molar-refractivity contribution in [1.82, 2.24) is 25.1 Å². The smallest absolute Gasteiger partial charge is 0.261 e. The summed E-state index contributed by atoms with van der Waals surface area (Å²) in [7, 11) is 1.64. The van der Waals surface area contributed by atoms with Gasteiger partial charge in [-0.15, -0.1) is 5.10 Å². The summed E-state index contributed by atoms with van der Waals surface area (Å²) in [5.74, 6) is 1.55. The van der Waals surface area contributed by atoms with E-state index in [4.69, 9.17) is 18.4 Å². The molecule has 0 fully saturated rings. The van der Waals surface area contributed by atoms with Crippen molar-refractivity contribution in [2.45, 2.75) is 19.3 Å². The standard InChI is InChI=1S/C18H15N5O4/c1-24-13-4-2-11(3-5-13)15-8-23-14(10-26-15)16(20-22-23)17-19-18(27-21-17)12-6-7-25-9-12/h2-7,9,15H,8,10H2,1H3. The molecule has 4 heterocycles. The molecule has 1 unspecified atom stereocenters. The fourth-order valence-corrected chi connectivity index (χ4v) is 3.03. The molecule has 27 heavy (non-hydrogen) atoms. The van der Waals surface area contributed by atoms with Gasteiger partial charge in [-0.25, -0.2) is 4.68 Å². The van der Waals surface area contributed by atoms with Crippen LogP contribution in [0, 0.1) is 0 Å². The molecule has 0 spiro atoms. The molecule has 9 heteroatoms. The van der Waals surface area contributed by atoms with E-state index in [1.165, 1.54) is 0 Å². The molecule has 1 aliphatic heterocycles. The zero-order chi connectivity index (χ0) is 18.2. The van der Waals surface area contributed by atoms with Crippen molar-refractivity contribution in [3.63, 3.8) is 0 Å². The van der Waals surface area contributed by atoms with Crippen LogP contribution >= 0.6 is 0 Å². The Kier molecular flexibility index (Phi) is 3.72. The van der Waals surface area contributed by atoms with E-state index in [2.05, 4.69) is 20.5 Å². The molecular formula is C18H15N5O4. The number of furan rings is 1. The van der Waals surface area contributed by atoms with E-state index in [0.29, 0.717) is 36.1 Å². The van der Waals surface area contributed by atoms with E-state index < -0.39 is 0 Å². The predicted octanol–water partition coefficient (Wildman–Crippen LogP) is 2.87. The van der Waals surface area contributed by atoms with Crippen LogP contribution in [0.4, 0.5) is 0 Å². The van der Waals surface area contributed by atoms with Gasteiger partial charge < -0.3 is 18.4 Å². The Labute approximate surface area is 153 Å². The summed E-state index contributed by atoms with van der Waals surface area (Å²) in [5, 5.41) is 12.5.